The van der Waals surface area contributed by atoms with E-state index in [1.165, 1.54) is 4.72 Å². The second-order valence-electron chi connectivity index (χ2n) is 9.54. The van der Waals surface area contributed by atoms with Crippen LogP contribution in [0.5, 0.6) is 0 Å². The van der Waals surface area contributed by atoms with Gasteiger partial charge in [-0.3, -0.25) is 4.79 Å². The van der Waals surface area contributed by atoms with Crippen LogP contribution < -0.4 is 4.72 Å². The van der Waals surface area contributed by atoms with Gasteiger partial charge < -0.3 is 9.32 Å². The van der Waals surface area contributed by atoms with E-state index in [4.69, 9.17) is 27.6 Å². The topological polar surface area (TPSA) is 152 Å². The molecule has 1 amide bonds. The van der Waals surface area contributed by atoms with Crippen molar-refractivity contribution in [1.82, 2.24) is 24.8 Å². The van der Waals surface area contributed by atoms with Crippen molar-refractivity contribution in [2.45, 2.75) is 48.6 Å². The zero-order valence-corrected chi connectivity index (χ0v) is 25.8. The van der Waals surface area contributed by atoms with Gasteiger partial charge in [0.1, 0.15) is 22.4 Å². The summed E-state index contributed by atoms with van der Waals surface area (Å²) in [4.78, 5) is 18.0. The van der Waals surface area contributed by atoms with Gasteiger partial charge in [-0.2, -0.15) is 17.9 Å². The van der Waals surface area contributed by atoms with Crippen LogP contribution in [0.2, 0.25) is 10.0 Å². The minimum Gasteiger partial charge on any atom is -0.418 e. The van der Waals surface area contributed by atoms with Gasteiger partial charge in [0.25, 0.3) is 17.7 Å². The molecule has 4 rings (SSSR count). The molecule has 0 saturated carbocycles. The zero-order valence-electron chi connectivity index (χ0n) is 21.9. The van der Waals surface area contributed by atoms with Crippen molar-refractivity contribution in [2.24, 2.45) is 0 Å². The highest BCUT2D eigenvalue weighted by Crippen LogP contribution is 2.44. The van der Waals surface area contributed by atoms with Crippen molar-refractivity contribution >= 4 is 60.3 Å². The number of hydrogen-bond donors (Lipinski definition) is 1. The lowest BCUT2D eigenvalue weighted by molar-refractivity contribution is -0.147. The van der Waals surface area contributed by atoms with Gasteiger partial charge in [-0.1, -0.05) is 29.3 Å². The highest BCUT2D eigenvalue weighted by Gasteiger charge is 2.40. The Morgan fingerprint density at radius 2 is 1.77 bits per heavy atom. The summed E-state index contributed by atoms with van der Waals surface area (Å²) in [6.07, 6.45) is -5.17. The number of likely N-dealkylation sites (tertiary alicyclic amines) is 1. The van der Waals surface area contributed by atoms with Gasteiger partial charge in [0, 0.05) is 37.8 Å². The molecule has 1 atom stereocenters. The fourth-order valence-corrected chi connectivity index (χ4v) is 7.55. The summed E-state index contributed by atoms with van der Waals surface area (Å²) in [7, 11) is -8.38. The van der Waals surface area contributed by atoms with Crippen LogP contribution in [0.1, 0.15) is 36.1 Å². The number of sulfonamides is 1. The summed E-state index contributed by atoms with van der Waals surface area (Å²) < 4.78 is 122. The molecule has 0 bridgehead atoms. The third-order valence-electron chi connectivity index (χ3n) is 6.05. The van der Waals surface area contributed by atoms with Gasteiger partial charge in [0.05, 0.1) is 14.9 Å². The first-order valence-corrected chi connectivity index (χ1v) is 17.1. The molecule has 0 radical (unpaired) electrons. The maximum atomic E-state index is 13.7. The molecule has 1 saturated heterocycles. The van der Waals surface area contributed by atoms with Crippen LogP contribution in [0, 0.1) is 0 Å². The number of carbonyl (C=O) groups is 1. The lowest BCUT2D eigenvalue weighted by Gasteiger charge is -2.31. The quantitative estimate of drug-likeness (QED) is 0.325. The summed E-state index contributed by atoms with van der Waals surface area (Å²) in [5.41, 5.74) is -0.398. The molecule has 3 aromatic rings. The second kappa shape index (κ2) is 11.8. The average Bonchev–Trinajstić information content (AvgIpc) is 3.50. The fourth-order valence-electron chi connectivity index (χ4n) is 3.83. The Morgan fingerprint density at radius 1 is 1.14 bits per heavy atom. The molecule has 43 heavy (non-hydrogen) atoms. The molecule has 1 fully saturated rings. The molecule has 3 heterocycles. The Labute approximate surface area is 255 Å². The summed E-state index contributed by atoms with van der Waals surface area (Å²) in [5.74, 6) is -4.93. The molecule has 236 valence electrons. The normalized spacial score (nSPS) is 16.8. The number of alkyl halides is 5. The summed E-state index contributed by atoms with van der Waals surface area (Å²) in [6, 6.07) is -0.497. The van der Waals surface area contributed by atoms with Crippen molar-refractivity contribution in [3.8, 4) is 21.3 Å². The largest absolute Gasteiger partial charge is 0.418 e. The smallest absolute Gasteiger partial charge is 0.404 e. The molecule has 1 aliphatic heterocycles. The highest BCUT2D eigenvalue weighted by atomic mass is 35.5. The molecule has 1 unspecified atom stereocenters. The predicted octanol–water partition coefficient (Wildman–Crippen LogP) is 4.81. The number of benzene rings is 1. The predicted molar refractivity (Wildman–Crippen MR) is 145 cm³/mol. The number of nitrogens with one attached hydrogen (secondary N) is 1. The Hall–Kier alpha value is -2.45. The highest BCUT2D eigenvalue weighted by molar-refractivity contribution is 7.90. The van der Waals surface area contributed by atoms with Crippen LogP contribution in [0.4, 0.5) is 22.0 Å². The SMILES string of the molecule is CC(NS(=O)(=O)c1ccc(-c2sc(-c3nnc(CS(C)(=O)=O)o3)nc2C(=O)N2CCC(F)(F)CC2)c(Cl)c1Cl)C(F)(F)F. The third-order valence-corrected chi connectivity index (χ3v) is 10.5. The number of thiazole rings is 1. The minimum atomic E-state index is -4.90. The van der Waals surface area contributed by atoms with E-state index in [-0.39, 0.29) is 46.0 Å². The standard InChI is InChI=1S/C22H20Cl2F5N5O6S3/c1-10(22(27,28)29)33-43(38,39)12-4-3-11(14(23)15(12)24)17-16(20(35)34-7-5-21(25,26)6-8-34)30-19(41-17)18-32-31-13(40-18)9-42(2,36)37/h3-4,10,33H,5-9H2,1-2H3. The minimum absolute atomic E-state index is 0.0346. The van der Waals surface area contributed by atoms with E-state index in [1.807, 2.05) is 0 Å². The van der Waals surface area contributed by atoms with Crippen LogP contribution in [0.15, 0.2) is 21.4 Å². The molecule has 0 spiro atoms. The number of aromatic nitrogens is 3. The lowest BCUT2D eigenvalue weighted by Crippen LogP contribution is -2.43. The van der Waals surface area contributed by atoms with Crippen LogP contribution >= 0.6 is 34.5 Å². The molecule has 1 aromatic carbocycles. The number of amides is 1. The number of hydrogen-bond acceptors (Lipinski definition) is 10. The molecular weight excluding hydrogens is 692 g/mol. The number of carbonyl (C=O) groups excluding carboxylic acids is 1. The molecule has 2 aromatic heterocycles. The van der Waals surface area contributed by atoms with Crippen LogP contribution in [0.25, 0.3) is 21.3 Å². The Kier molecular flexibility index (Phi) is 9.18. The second-order valence-corrected chi connectivity index (χ2v) is 15.1. The summed E-state index contributed by atoms with van der Waals surface area (Å²) in [5, 5.41) is 6.15. The number of halogens is 7. The van der Waals surface area contributed by atoms with E-state index in [0.29, 0.717) is 6.92 Å². The Bertz CT molecular complexity index is 1770. The average molecular weight is 713 g/mol. The maximum absolute atomic E-state index is 13.7. The van der Waals surface area contributed by atoms with E-state index in [0.717, 1.165) is 34.6 Å². The van der Waals surface area contributed by atoms with Crippen molar-refractivity contribution in [2.75, 3.05) is 19.3 Å². The first-order chi connectivity index (χ1) is 19.7. The van der Waals surface area contributed by atoms with E-state index in [2.05, 4.69) is 15.2 Å². The maximum Gasteiger partial charge on any atom is 0.404 e. The molecule has 21 heteroatoms. The van der Waals surface area contributed by atoms with Gasteiger partial charge in [0.2, 0.25) is 15.9 Å². The van der Waals surface area contributed by atoms with Crippen molar-refractivity contribution < 1.29 is 48.0 Å². The molecule has 11 nitrogen and oxygen atoms in total. The Balaban J connectivity index is 1.79. The summed E-state index contributed by atoms with van der Waals surface area (Å²) in [6.45, 7) is -0.0364. The first kappa shape index (κ1) is 33.4. The molecule has 1 aliphatic rings. The van der Waals surface area contributed by atoms with Crippen molar-refractivity contribution in [1.29, 1.82) is 0 Å². The van der Waals surface area contributed by atoms with E-state index < -0.39 is 77.4 Å². The lowest BCUT2D eigenvalue weighted by atomic mass is 10.1. The van der Waals surface area contributed by atoms with Crippen LogP contribution in [0.3, 0.4) is 0 Å². The van der Waals surface area contributed by atoms with E-state index in [1.54, 1.807) is 0 Å². The number of nitrogens with zero attached hydrogens (tertiary/aromatic N) is 4. The molecular formula is C22H20Cl2F5N5O6S3. The van der Waals surface area contributed by atoms with Gasteiger partial charge in [-0.15, -0.1) is 21.5 Å². The van der Waals surface area contributed by atoms with Gasteiger partial charge in [-0.05, 0) is 13.0 Å². The molecule has 0 aliphatic carbocycles. The monoisotopic (exact) mass is 711 g/mol. The third kappa shape index (κ3) is 7.62. The van der Waals surface area contributed by atoms with E-state index >= 15 is 0 Å². The van der Waals surface area contributed by atoms with Crippen LogP contribution in [-0.4, -0.2) is 80.3 Å². The number of rotatable bonds is 8. The Morgan fingerprint density at radius 3 is 2.35 bits per heavy atom. The van der Waals surface area contributed by atoms with Gasteiger partial charge in [-0.25, -0.2) is 30.6 Å². The van der Waals surface area contributed by atoms with Crippen molar-refractivity contribution in [3.05, 3.63) is 33.8 Å². The first-order valence-electron chi connectivity index (χ1n) is 11.9. The zero-order chi connectivity index (χ0) is 32.1. The fraction of sp³-hybridized carbons (Fsp3) is 0.455. The van der Waals surface area contributed by atoms with E-state index in [9.17, 15) is 43.6 Å². The number of piperidine rings is 1. The van der Waals surface area contributed by atoms with Gasteiger partial charge in [0.15, 0.2) is 14.8 Å². The van der Waals surface area contributed by atoms with Gasteiger partial charge >= 0.3 is 6.18 Å². The van der Waals surface area contributed by atoms with Crippen molar-refractivity contribution in [3.63, 3.8) is 0 Å². The van der Waals surface area contributed by atoms with Crippen LogP contribution in [-0.2, 0) is 25.6 Å². The molecule has 1 N–H and O–H groups in total. The summed E-state index contributed by atoms with van der Waals surface area (Å²) >= 11 is 13.3. The number of sulfone groups is 1.